The Hall–Kier alpha value is -0.675. The Balaban J connectivity index is 2.55. The van der Waals surface area contributed by atoms with Gasteiger partial charge in [-0.3, -0.25) is 4.79 Å². The maximum atomic E-state index is 12.1. The van der Waals surface area contributed by atoms with Gasteiger partial charge in [0.15, 0.2) is 0 Å². The Morgan fingerprint density at radius 1 is 1.42 bits per heavy atom. The zero-order chi connectivity index (χ0) is 9.35. The first kappa shape index (κ1) is 9.41. The molecule has 70 valence electrons. The van der Waals surface area contributed by atoms with Crippen molar-refractivity contribution >= 4 is 12.9 Å². The van der Waals surface area contributed by atoms with Crippen molar-refractivity contribution in [3.8, 4) is 0 Å². The Kier molecular flexibility index (Phi) is 2.35. The molecule has 0 spiro atoms. The minimum absolute atomic E-state index is 0.0727. The maximum absolute atomic E-state index is 12.1. The standard InChI is InChI=1S/C6H9BF3O2/c1-12-6(11)4-2-3-5(4)7(8,9)10/h4-5H,2-3H2,1H3/q-1. The van der Waals surface area contributed by atoms with Gasteiger partial charge in [-0.05, 0) is 6.42 Å². The highest BCUT2D eigenvalue weighted by Crippen LogP contribution is 2.48. The smallest absolute Gasteiger partial charge is 0.469 e. The average molecular weight is 181 g/mol. The van der Waals surface area contributed by atoms with Gasteiger partial charge in [-0.1, -0.05) is 12.2 Å². The molecule has 2 unspecified atom stereocenters. The van der Waals surface area contributed by atoms with Gasteiger partial charge in [0.25, 0.3) is 0 Å². The van der Waals surface area contributed by atoms with E-state index in [1.54, 1.807) is 0 Å². The lowest BCUT2D eigenvalue weighted by molar-refractivity contribution is -0.148. The summed E-state index contributed by atoms with van der Waals surface area (Å²) in [4.78, 5) is 10.7. The first-order valence-electron chi connectivity index (χ1n) is 3.74. The molecule has 0 aromatic rings. The first-order chi connectivity index (χ1) is 5.46. The van der Waals surface area contributed by atoms with Crippen molar-refractivity contribution in [3.05, 3.63) is 0 Å². The normalized spacial score (nSPS) is 29.3. The molecule has 0 aromatic heterocycles. The summed E-state index contributed by atoms with van der Waals surface area (Å²) in [5.74, 6) is -3.09. The number of halogens is 3. The highest BCUT2D eigenvalue weighted by molar-refractivity contribution is 6.60. The molecule has 1 fully saturated rings. The van der Waals surface area contributed by atoms with E-state index in [0.717, 1.165) is 7.11 Å². The predicted molar refractivity (Wildman–Crippen MR) is 37.6 cm³/mol. The lowest BCUT2D eigenvalue weighted by atomic mass is 9.54. The maximum Gasteiger partial charge on any atom is 0.482 e. The van der Waals surface area contributed by atoms with E-state index < -0.39 is 24.7 Å². The highest BCUT2D eigenvalue weighted by atomic mass is 19.4. The van der Waals surface area contributed by atoms with Gasteiger partial charge in [-0.2, -0.15) is 0 Å². The van der Waals surface area contributed by atoms with Crippen molar-refractivity contribution in [2.24, 2.45) is 5.92 Å². The number of carbonyl (C=O) groups is 1. The summed E-state index contributed by atoms with van der Waals surface area (Å²) in [6, 6.07) is 0. The van der Waals surface area contributed by atoms with Crippen LogP contribution in [-0.4, -0.2) is 20.1 Å². The van der Waals surface area contributed by atoms with Gasteiger partial charge >= 0.3 is 12.9 Å². The van der Waals surface area contributed by atoms with Crippen molar-refractivity contribution < 1.29 is 22.5 Å². The molecule has 2 nitrogen and oxygen atoms in total. The van der Waals surface area contributed by atoms with Crippen molar-refractivity contribution in [1.29, 1.82) is 0 Å². The summed E-state index contributed by atoms with van der Waals surface area (Å²) in [6.07, 6.45) is 0.377. The predicted octanol–water partition coefficient (Wildman–Crippen LogP) is 1.79. The van der Waals surface area contributed by atoms with Crippen LogP contribution in [0.3, 0.4) is 0 Å². The fourth-order valence-electron chi connectivity index (χ4n) is 1.42. The van der Waals surface area contributed by atoms with Crippen LogP contribution in [0.15, 0.2) is 0 Å². The van der Waals surface area contributed by atoms with Crippen LogP contribution in [-0.2, 0) is 9.53 Å². The number of rotatable bonds is 2. The molecule has 1 aliphatic rings. The molecule has 1 aliphatic carbocycles. The van der Waals surface area contributed by atoms with E-state index >= 15 is 0 Å². The lowest BCUT2D eigenvalue weighted by Crippen LogP contribution is -2.41. The summed E-state index contributed by atoms with van der Waals surface area (Å²) >= 11 is 0. The molecular formula is C6H9BF3O2-. The van der Waals surface area contributed by atoms with E-state index in [1.165, 1.54) is 0 Å². The summed E-state index contributed by atoms with van der Waals surface area (Å²) in [5.41, 5.74) is 0. The van der Waals surface area contributed by atoms with Gasteiger partial charge in [-0.15, -0.1) is 0 Å². The number of methoxy groups -OCH3 is 1. The number of esters is 1. The Labute approximate surface area is 68.1 Å². The van der Waals surface area contributed by atoms with E-state index in [2.05, 4.69) is 4.74 Å². The molecule has 12 heavy (non-hydrogen) atoms. The summed E-state index contributed by atoms with van der Waals surface area (Å²) in [5, 5.41) is 0. The van der Waals surface area contributed by atoms with Crippen molar-refractivity contribution in [2.75, 3.05) is 7.11 Å². The molecule has 0 aromatic carbocycles. The van der Waals surface area contributed by atoms with Crippen LogP contribution in [0.5, 0.6) is 0 Å². The molecule has 0 amide bonds. The minimum atomic E-state index is -4.87. The third-order valence-electron chi connectivity index (χ3n) is 2.32. The molecular weight excluding hydrogens is 172 g/mol. The zero-order valence-corrected chi connectivity index (χ0v) is 6.60. The Bertz CT molecular complexity index is 192. The van der Waals surface area contributed by atoms with Crippen LogP contribution in [0.2, 0.25) is 5.82 Å². The van der Waals surface area contributed by atoms with Crippen LogP contribution < -0.4 is 0 Å². The second-order valence-corrected chi connectivity index (χ2v) is 3.00. The van der Waals surface area contributed by atoms with E-state index in [0.29, 0.717) is 6.42 Å². The fourth-order valence-corrected chi connectivity index (χ4v) is 1.42. The largest absolute Gasteiger partial charge is 0.482 e. The molecule has 1 rings (SSSR count). The average Bonchev–Trinajstić information content (AvgIpc) is 1.80. The third-order valence-corrected chi connectivity index (χ3v) is 2.32. The first-order valence-corrected chi connectivity index (χ1v) is 3.74. The summed E-state index contributed by atoms with van der Waals surface area (Å²) < 4.78 is 40.6. The van der Waals surface area contributed by atoms with E-state index in [9.17, 15) is 17.7 Å². The topological polar surface area (TPSA) is 26.3 Å². The molecule has 0 radical (unpaired) electrons. The number of hydrogen-bond acceptors (Lipinski definition) is 2. The third kappa shape index (κ3) is 1.56. The fraction of sp³-hybridized carbons (Fsp3) is 0.833. The molecule has 0 aliphatic heterocycles. The van der Waals surface area contributed by atoms with Gasteiger partial charge in [0, 0.05) is 5.92 Å². The van der Waals surface area contributed by atoms with Crippen molar-refractivity contribution in [1.82, 2.24) is 0 Å². The summed E-state index contributed by atoms with van der Waals surface area (Å²) in [7, 11) is 1.11. The van der Waals surface area contributed by atoms with E-state index in [-0.39, 0.29) is 6.42 Å². The van der Waals surface area contributed by atoms with Crippen LogP contribution in [0.25, 0.3) is 0 Å². The highest BCUT2D eigenvalue weighted by Gasteiger charge is 2.48. The SMILES string of the molecule is COC(=O)C1CCC1[B-](F)(F)F. The van der Waals surface area contributed by atoms with Crippen LogP contribution in [0, 0.1) is 5.92 Å². The molecule has 2 atom stereocenters. The Morgan fingerprint density at radius 3 is 2.25 bits per heavy atom. The summed E-state index contributed by atoms with van der Waals surface area (Å²) in [6.45, 7) is -4.87. The second-order valence-electron chi connectivity index (χ2n) is 3.00. The monoisotopic (exact) mass is 181 g/mol. The number of hydrogen-bond donors (Lipinski definition) is 0. The van der Waals surface area contributed by atoms with Gasteiger partial charge in [0.05, 0.1) is 7.11 Å². The molecule has 0 saturated heterocycles. The van der Waals surface area contributed by atoms with Crippen LogP contribution >= 0.6 is 0 Å². The van der Waals surface area contributed by atoms with Gasteiger partial charge in [0.1, 0.15) is 0 Å². The molecule has 1 saturated carbocycles. The quantitative estimate of drug-likeness (QED) is 0.479. The molecule has 0 heterocycles. The molecule has 0 bridgehead atoms. The molecule has 6 heteroatoms. The van der Waals surface area contributed by atoms with Crippen LogP contribution in [0.4, 0.5) is 12.9 Å². The van der Waals surface area contributed by atoms with E-state index in [1.807, 2.05) is 0 Å². The minimum Gasteiger partial charge on any atom is -0.469 e. The van der Waals surface area contributed by atoms with Crippen molar-refractivity contribution in [2.45, 2.75) is 18.7 Å². The number of ether oxygens (including phenoxy) is 1. The number of carbonyl (C=O) groups excluding carboxylic acids is 1. The zero-order valence-electron chi connectivity index (χ0n) is 6.60. The van der Waals surface area contributed by atoms with E-state index in [4.69, 9.17) is 0 Å². The second kappa shape index (κ2) is 2.99. The Morgan fingerprint density at radius 2 is 2.00 bits per heavy atom. The van der Waals surface area contributed by atoms with Crippen molar-refractivity contribution in [3.63, 3.8) is 0 Å². The van der Waals surface area contributed by atoms with Crippen LogP contribution in [0.1, 0.15) is 12.8 Å². The van der Waals surface area contributed by atoms with Gasteiger partial charge in [0.2, 0.25) is 0 Å². The van der Waals surface area contributed by atoms with Gasteiger partial charge in [-0.25, -0.2) is 0 Å². The van der Waals surface area contributed by atoms with Gasteiger partial charge < -0.3 is 17.7 Å². The lowest BCUT2D eigenvalue weighted by Gasteiger charge is -2.40. The molecule has 0 N–H and O–H groups in total.